The van der Waals surface area contributed by atoms with Crippen LogP contribution in [0.25, 0.3) is 0 Å². The Labute approximate surface area is 91.5 Å². The first-order valence-corrected chi connectivity index (χ1v) is 5.91. The Kier molecular flexibility index (Phi) is 3.78. The van der Waals surface area contributed by atoms with Crippen LogP contribution >= 0.6 is 0 Å². The van der Waals surface area contributed by atoms with Gasteiger partial charge in [0.2, 0.25) is 0 Å². The summed E-state index contributed by atoms with van der Waals surface area (Å²) in [5.41, 5.74) is 1.49. The van der Waals surface area contributed by atoms with E-state index in [1.54, 1.807) is 0 Å². The third-order valence-electron chi connectivity index (χ3n) is 3.57. The largest absolute Gasteiger partial charge is 0.395 e. The van der Waals surface area contributed by atoms with Gasteiger partial charge in [-0.15, -0.1) is 0 Å². The second-order valence-corrected chi connectivity index (χ2v) is 4.69. The molecule has 1 heterocycles. The second kappa shape index (κ2) is 5.10. The van der Waals surface area contributed by atoms with Crippen molar-refractivity contribution in [2.45, 2.75) is 25.9 Å². The van der Waals surface area contributed by atoms with E-state index in [0.29, 0.717) is 18.6 Å². The van der Waals surface area contributed by atoms with E-state index in [1.165, 1.54) is 18.4 Å². The summed E-state index contributed by atoms with van der Waals surface area (Å²) in [6.07, 6.45) is 5.16. The lowest BCUT2D eigenvalue weighted by Gasteiger charge is -2.40. The molecule has 0 aromatic carbocycles. The normalized spacial score (nSPS) is 35.1. The maximum Gasteiger partial charge on any atom is 0.0764 e. The first-order valence-electron chi connectivity index (χ1n) is 5.91. The Morgan fingerprint density at radius 3 is 3.27 bits per heavy atom. The van der Waals surface area contributed by atoms with Gasteiger partial charge in [0.1, 0.15) is 0 Å². The molecule has 2 N–H and O–H groups in total. The summed E-state index contributed by atoms with van der Waals surface area (Å²) in [7, 11) is 0. The molecule has 2 aliphatic rings. The van der Waals surface area contributed by atoms with Crippen LogP contribution in [0.5, 0.6) is 0 Å². The van der Waals surface area contributed by atoms with Crippen LogP contribution in [0.4, 0.5) is 0 Å². The third kappa shape index (κ3) is 2.60. The molecule has 0 amide bonds. The van der Waals surface area contributed by atoms with E-state index in [-0.39, 0.29) is 6.61 Å². The molecule has 3 nitrogen and oxygen atoms in total. The highest BCUT2D eigenvalue weighted by Gasteiger charge is 2.34. The molecule has 1 aliphatic heterocycles. The van der Waals surface area contributed by atoms with Gasteiger partial charge < -0.3 is 15.2 Å². The number of ether oxygens (including phenoxy) is 1. The smallest absolute Gasteiger partial charge is 0.0764 e. The topological polar surface area (TPSA) is 41.5 Å². The molecule has 0 spiro atoms. The van der Waals surface area contributed by atoms with Crippen molar-refractivity contribution in [1.29, 1.82) is 0 Å². The van der Waals surface area contributed by atoms with Crippen molar-refractivity contribution in [1.82, 2.24) is 5.32 Å². The zero-order chi connectivity index (χ0) is 10.7. The molecule has 0 aromatic rings. The van der Waals surface area contributed by atoms with Crippen LogP contribution in [0.15, 0.2) is 11.6 Å². The van der Waals surface area contributed by atoms with Gasteiger partial charge in [0.25, 0.3) is 0 Å². The predicted molar refractivity (Wildman–Crippen MR) is 59.7 cm³/mol. The molecule has 86 valence electrons. The fourth-order valence-corrected chi connectivity index (χ4v) is 2.63. The standard InChI is InChI=1S/C12H21NO2/c1-9-2-3-10-6-11(9)12(15-8-10)7-13-4-5-14/h2,10-14H,3-8H2,1H3/t10-,11-,12+/m0/s1. The van der Waals surface area contributed by atoms with Crippen LogP contribution in [-0.4, -0.2) is 37.5 Å². The van der Waals surface area contributed by atoms with Gasteiger partial charge in [-0.3, -0.25) is 0 Å². The molecule has 3 atom stereocenters. The average Bonchev–Trinajstić information content (AvgIpc) is 2.26. The van der Waals surface area contributed by atoms with Gasteiger partial charge in [-0.25, -0.2) is 0 Å². The molecular weight excluding hydrogens is 190 g/mol. The highest BCUT2D eigenvalue weighted by atomic mass is 16.5. The molecule has 0 saturated carbocycles. The molecule has 3 heteroatoms. The first kappa shape index (κ1) is 11.1. The molecule has 1 saturated heterocycles. The number of hydrogen-bond donors (Lipinski definition) is 2. The van der Waals surface area contributed by atoms with Crippen LogP contribution in [0.2, 0.25) is 0 Å². The van der Waals surface area contributed by atoms with Gasteiger partial charge in [0, 0.05) is 19.0 Å². The molecular formula is C12H21NO2. The van der Waals surface area contributed by atoms with E-state index in [9.17, 15) is 0 Å². The minimum absolute atomic E-state index is 0.203. The minimum Gasteiger partial charge on any atom is -0.395 e. The maximum atomic E-state index is 8.71. The lowest BCUT2D eigenvalue weighted by Crippen LogP contribution is -2.43. The molecule has 0 aromatic heterocycles. The van der Waals surface area contributed by atoms with Crippen LogP contribution in [0.1, 0.15) is 19.8 Å². The van der Waals surface area contributed by atoms with Gasteiger partial charge in [-0.2, -0.15) is 0 Å². The Bertz CT molecular complexity index is 240. The summed E-state index contributed by atoms with van der Waals surface area (Å²) in [6, 6.07) is 0. The summed E-state index contributed by atoms with van der Waals surface area (Å²) < 4.78 is 5.88. The van der Waals surface area contributed by atoms with Gasteiger partial charge in [-0.1, -0.05) is 11.6 Å². The van der Waals surface area contributed by atoms with E-state index < -0.39 is 0 Å². The summed E-state index contributed by atoms with van der Waals surface area (Å²) >= 11 is 0. The Hall–Kier alpha value is -0.380. The zero-order valence-electron chi connectivity index (χ0n) is 9.41. The Morgan fingerprint density at radius 2 is 2.47 bits per heavy atom. The monoisotopic (exact) mass is 211 g/mol. The van der Waals surface area contributed by atoms with Crippen LogP contribution in [-0.2, 0) is 4.74 Å². The van der Waals surface area contributed by atoms with Crippen molar-refractivity contribution in [3.63, 3.8) is 0 Å². The summed E-state index contributed by atoms with van der Waals surface area (Å²) in [6.45, 7) is 4.86. The lowest BCUT2D eigenvalue weighted by molar-refractivity contribution is -0.0477. The van der Waals surface area contributed by atoms with E-state index in [1.807, 2.05) is 0 Å². The SMILES string of the molecule is CC1=CC[C@@H]2CO[C@H](CNCCO)[C@H]1C2. The third-order valence-corrected chi connectivity index (χ3v) is 3.57. The lowest BCUT2D eigenvalue weighted by atomic mass is 9.77. The summed E-state index contributed by atoms with van der Waals surface area (Å²) in [4.78, 5) is 0. The summed E-state index contributed by atoms with van der Waals surface area (Å²) in [5, 5.41) is 11.9. The van der Waals surface area contributed by atoms with Crippen molar-refractivity contribution in [3.8, 4) is 0 Å². The maximum absolute atomic E-state index is 8.71. The Morgan fingerprint density at radius 1 is 1.60 bits per heavy atom. The number of hydrogen-bond acceptors (Lipinski definition) is 3. The predicted octanol–water partition coefficient (Wildman–Crippen LogP) is 0.940. The van der Waals surface area contributed by atoms with E-state index in [0.717, 1.165) is 19.1 Å². The first-order chi connectivity index (χ1) is 7.31. The van der Waals surface area contributed by atoms with Gasteiger partial charge in [0.05, 0.1) is 19.3 Å². The number of rotatable bonds is 4. The highest BCUT2D eigenvalue weighted by molar-refractivity contribution is 5.12. The second-order valence-electron chi connectivity index (χ2n) is 4.69. The van der Waals surface area contributed by atoms with E-state index in [2.05, 4.69) is 18.3 Å². The fourth-order valence-electron chi connectivity index (χ4n) is 2.63. The van der Waals surface area contributed by atoms with Crippen molar-refractivity contribution in [2.75, 3.05) is 26.3 Å². The molecule has 15 heavy (non-hydrogen) atoms. The molecule has 2 bridgehead atoms. The number of fused-ring (bicyclic) bond motifs is 2. The summed E-state index contributed by atoms with van der Waals surface area (Å²) in [5.74, 6) is 1.34. The number of allylic oxidation sites excluding steroid dienone is 1. The van der Waals surface area contributed by atoms with Crippen molar-refractivity contribution in [2.24, 2.45) is 11.8 Å². The molecule has 2 rings (SSSR count). The number of aliphatic hydroxyl groups is 1. The number of nitrogens with one attached hydrogen (secondary N) is 1. The van der Waals surface area contributed by atoms with Crippen LogP contribution in [0.3, 0.4) is 0 Å². The van der Waals surface area contributed by atoms with Crippen molar-refractivity contribution in [3.05, 3.63) is 11.6 Å². The van der Waals surface area contributed by atoms with Gasteiger partial charge >= 0.3 is 0 Å². The molecule has 0 unspecified atom stereocenters. The average molecular weight is 211 g/mol. The Balaban J connectivity index is 1.89. The fraction of sp³-hybridized carbons (Fsp3) is 0.833. The molecule has 1 fully saturated rings. The quantitative estimate of drug-likeness (QED) is 0.537. The highest BCUT2D eigenvalue weighted by Crippen LogP contribution is 2.36. The van der Waals surface area contributed by atoms with E-state index in [4.69, 9.17) is 9.84 Å². The van der Waals surface area contributed by atoms with E-state index >= 15 is 0 Å². The molecule has 0 radical (unpaired) electrons. The molecule has 1 aliphatic carbocycles. The van der Waals surface area contributed by atoms with Crippen LogP contribution < -0.4 is 5.32 Å². The van der Waals surface area contributed by atoms with Gasteiger partial charge in [-0.05, 0) is 25.7 Å². The van der Waals surface area contributed by atoms with Crippen LogP contribution in [0, 0.1) is 11.8 Å². The van der Waals surface area contributed by atoms with Gasteiger partial charge in [0.15, 0.2) is 0 Å². The van der Waals surface area contributed by atoms with Crippen molar-refractivity contribution >= 4 is 0 Å². The zero-order valence-corrected chi connectivity index (χ0v) is 9.41. The van der Waals surface area contributed by atoms with Crippen molar-refractivity contribution < 1.29 is 9.84 Å². The number of aliphatic hydroxyl groups excluding tert-OH is 1. The minimum atomic E-state index is 0.203.